The highest BCUT2D eigenvalue weighted by Gasteiger charge is 2.18. The molecule has 6 heteroatoms. The van der Waals surface area contributed by atoms with Gasteiger partial charge in [0.2, 0.25) is 0 Å². The highest BCUT2D eigenvalue weighted by atomic mass is 16.5. The minimum atomic E-state index is -0.504. The van der Waals surface area contributed by atoms with Crippen molar-refractivity contribution in [2.24, 2.45) is 0 Å². The monoisotopic (exact) mass is 305 g/mol. The molecular formula is C16H23N3O3. The molecule has 0 saturated carbocycles. The van der Waals surface area contributed by atoms with Gasteiger partial charge in [-0.1, -0.05) is 18.5 Å². The van der Waals surface area contributed by atoms with Crippen molar-refractivity contribution in [3.8, 4) is 5.82 Å². The number of carbonyl (C=O) groups is 1. The molecule has 0 aromatic carbocycles. The first-order valence-corrected chi connectivity index (χ1v) is 7.53. The molecule has 0 aliphatic carbocycles. The zero-order valence-electron chi connectivity index (χ0n) is 13.5. The topological polar surface area (TPSA) is 80.3 Å². The van der Waals surface area contributed by atoms with E-state index in [4.69, 9.17) is 4.52 Å². The molecule has 0 aliphatic heterocycles. The number of aliphatic hydroxyl groups excluding tert-OH is 1. The molecule has 2 aromatic heterocycles. The number of carbonyl (C=O) groups excluding carboxylic acids is 1. The van der Waals surface area contributed by atoms with E-state index in [9.17, 15) is 9.90 Å². The van der Waals surface area contributed by atoms with Gasteiger partial charge in [0, 0.05) is 24.0 Å². The Morgan fingerprint density at radius 1 is 1.41 bits per heavy atom. The number of hydrogen-bond acceptors (Lipinski definition) is 4. The quantitative estimate of drug-likeness (QED) is 0.858. The fourth-order valence-electron chi connectivity index (χ4n) is 2.54. The van der Waals surface area contributed by atoms with Crippen molar-refractivity contribution >= 4 is 5.91 Å². The number of aryl methyl sites for hydroxylation is 2. The van der Waals surface area contributed by atoms with Crippen LogP contribution in [-0.2, 0) is 0 Å². The van der Waals surface area contributed by atoms with E-state index in [0.29, 0.717) is 17.8 Å². The first-order chi connectivity index (χ1) is 10.4. The van der Waals surface area contributed by atoms with Gasteiger partial charge in [-0.05, 0) is 33.3 Å². The van der Waals surface area contributed by atoms with E-state index in [2.05, 4.69) is 10.5 Å². The summed E-state index contributed by atoms with van der Waals surface area (Å²) in [5.41, 5.74) is 2.29. The summed E-state index contributed by atoms with van der Waals surface area (Å²) < 4.78 is 6.98. The summed E-state index contributed by atoms with van der Waals surface area (Å²) in [4.78, 5) is 12.3. The summed E-state index contributed by atoms with van der Waals surface area (Å²) in [5, 5.41) is 16.5. The largest absolute Gasteiger partial charge is 0.391 e. The van der Waals surface area contributed by atoms with Crippen molar-refractivity contribution in [2.45, 2.75) is 46.6 Å². The van der Waals surface area contributed by atoms with E-state index >= 15 is 0 Å². The van der Waals surface area contributed by atoms with Crippen molar-refractivity contribution in [1.29, 1.82) is 0 Å². The average molecular weight is 305 g/mol. The molecule has 120 valence electrons. The van der Waals surface area contributed by atoms with Crippen LogP contribution in [-0.4, -0.2) is 33.4 Å². The van der Waals surface area contributed by atoms with Crippen molar-refractivity contribution < 1.29 is 14.4 Å². The third-order valence-corrected chi connectivity index (χ3v) is 3.64. The molecule has 0 saturated heterocycles. The second-order valence-electron chi connectivity index (χ2n) is 5.57. The second kappa shape index (κ2) is 6.79. The molecule has 6 nitrogen and oxygen atoms in total. The molecule has 0 spiro atoms. The van der Waals surface area contributed by atoms with E-state index in [1.807, 2.05) is 44.4 Å². The number of nitrogens with one attached hydrogen (secondary N) is 1. The Hall–Kier alpha value is -2.08. The van der Waals surface area contributed by atoms with E-state index in [0.717, 1.165) is 23.6 Å². The summed E-state index contributed by atoms with van der Waals surface area (Å²) in [6.45, 7) is 7.87. The average Bonchev–Trinajstić information content (AvgIpc) is 3.00. The lowest BCUT2D eigenvalue weighted by Gasteiger charge is -2.11. The molecule has 0 radical (unpaired) electrons. The molecule has 2 aromatic rings. The summed E-state index contributed by atoms with van der Waals surface area (Å²) in [7, 11) is 0. The van der Waals surface area contributed by atoms with Crippen LogP contribution in [0.15, 0.2) is 16.7 Å². The smallest absolute Gasteiger partial charge is 0.253 e. The number of hydrogen-bond donors (Lipinski definition) is 2. The maximum absolute atomic E-state index is 12.3. The first-order valence-electron chi connectivity index (χ1n) is 7.53. The molecule has 0 aliphatic rings. The van der Waals surface area contributed by atoms with E-state index in [1.54, 1.807) is 0 Å². The van der Waals surface area contributed by atoms with Crippen LogP contribution in [0.1, 0.15) is 47.3 Å². The predicted molar refractivity (Wildman–Crippen MR) is 83.3 cm³/mol. The third kappa shape index (κ3) is 3.39. The number of aliphatic hydroxyl groups is 1. The summed E-state index contributed by atoms with van der Waals surface area (Å²) in [6.07, 6.45) is 1.06. The summed E-state index contributed by atoms with van der Waals surface area (Å²) in [5.74, 6) is 1.20. The lowest BCUT2D eigenvalue weighted by atomic mass is 10.2. The normalized spacial score (nSPS) is 12.4. The Kier molecular flexibility index (Phi) is 5.03. The molecule has 1 amide bonds. The Morgan fingerprint density at radius 2 is 2.14 bits per heavy atom. The van der Waals surface area contributed by atoms with Gasteiger partial charge in [0.1, 0.15) is 5.76 Å². The molecule has 1 unspecified atom stereocenters. The zero-order valence-corrected chi connectivity index (χ0v) is 13.5. The third-order valence-electron chi connectivity index (χ3n) is 3.64. The Morgan fingerprint density at radius 3 is 2.73 bits per heavy atom. The predicted octanol–water partition coefficient (Wildman–Crippen LogP) is 2.28. The molecule has 22 heavy (non-hydrogen) atoms. The second-order valence-corrected chi connectivity index (χ2v) is 5.57. The Labute approximate surface area is 130 Å². The van der Waals surface area contributed by atoms with E-state index in [-0.39, 0.29) is 12.5 Å². The molecule has 2 rings (SSSR count). The van der Waals surface area contributed by atoms with Crippen molar-refractivity contribution in [3.63, 3.8) is 0 Å². The van der Waals surface area contributed by atoms with Gasteiger partial charge in [-0.25, -0.2) is 0 Å². The van der Waals surface area contributed by atoms with E-state index < -0.39 is 6.10 Å². The Balaban J connectivity index is 2.17. The fraction of sp³-hybridized carbons (Fsp3) is 0.500. The van der Waals surface area contributed by atoms with Gasteiger partial charge in [0.05, 0.1) is 11.7 Å². The van der Waals surface area contributed by atoms with E-state index in [1.165, 1.54) is 0 Å². The maximum Gasteiger partial charge on any atom is 0.253 e. The standard InChI is InChI=1S/C16H23N3O3/c1-5-6-13(20)9-17-16(21)14-7-10(2)19(12(14)4)15-8-11(3)22-18-15/h7-8,13,20H,5-6,9H2,1-4H3,(H,17,21). The molecular weight excluding hydrogens is 282 g/mol. The van der Waals surface area contributed by atoms with Crippen molar-refractivity contribution in [1.82, 2.24) is 15.0 Å². The van der Waals surface area contributed by atoms with Crippen molar-refractivity contribution in [2.75, 3.05) is 6.54 Å². The van der Waals surface area contributed by atoms with Crippen molar-refractivity contribution in [3.05, 3.63) is 34.8 Å². The van der Waals surface area contributed by atoms with Crippen LogP contribution in [0.5, 0.6) is 0 Å². The van der Waals surface area contributed by atoms with Gasteiger partial charge in [0.15, 0.2) is 5.82 Å². The van der Waals surface area contributed by atoms with Gasteiger partial charge in [-0.3, -0.25) is 9.36 Å². The SMILES string of the molecule is CCCC(O)CNC(=O)c1cc(C)n(-c2cc(C)on2)c1C. The maximum atomic E-state index is 12.3. The highest BCUT2D eigenvalue weighted by Crippen LogP contribution is 2.20. The van der Waals surface area contributed by atoms with Crippen LogP contribution in [0.2, 0.25) is 0 Å². The minimum Gasteiger partial charge on any atom is -0.391 e. The van der Waals surface area contributed by atoms with Crippen LogP contribution in [0.4, 0.5) is 0 Å². The molecule has 1 atom stereocenters. The highest BCUT2D eigenvalue weighted by molar-refractivity contribution is 5.95. The molecule has 2 N–H and O–H groups in total. The summed E-state index contributed by atoms with van der Waals surface area (Å²) >= 11 is 0. The number of amides is 1. The molecule has 0 bridgehead atoms. The number of rotatable bonds is 6. The van der Waals surface area contributed by atoms with Crippen LogP contribution >= 0.6 is 0 Å². The fourth-order valence-corrected chi connectivity index (χ4v) is 2.54. The lowest BCUT2D eigenvalue weighted by molar-refractivity contribution is 0.0909. The van der Waals surface area contributed by atoms with Gasteiger partial charge in [-0.15, -0.1) is 0 Å². The van der Waals surface area contributed by atoms with Gasteiger partial charge in [0.25, 0.3) is 5.91 Å². The molecule has 2 heterocycles. The molecule has 0 fully saturated rings. The number of nitrogens with zero attached hydrogens (tertiary/aromatic N) is 2. The number of aromatic nitrogens is 2. The zero-order chi connectivity index (χ0) is 16.3. The van der Waals surface area contributed by atoms with Gasteiger partial charge >= 0.3 is 0 Å². The van der Waals surface area contributed by atoms with Gasteiger partial charge in [-0.2, -0.15) is 0 Å². The summed E-state index contributed by atoms with van der Waals surface area (Å²) in [6, 6.07) is 3.65. The minimum absolute atomic E-state index is 0.185. The van der Waals surface area contributed by atoms with Crippen LogP contribution in [0.3, 0.4) is 0 Å². The first kappa shape index (κ1) is 16.3. The van der Waals surface area contributed by atoms with Crippen LogP contribution < -0.4 is 5.32 Å². The lowest BCUT2D eigenvalue weighted by Crippen LogP contribution is -2.32. The Bertz CT molecular complexity index is 658. The van der Waals surface area contributed by atoms with Crippen LogP contribution in [0, 0.1) is 20.8 Å². The van der Waals surface area contributed by atoms with Gasteiger partial charge < -0.3 is 14.9 Å². The van der Waals surface area contributed by atoms with Crippen LogP contribution in [0.25, 0.3) is 5.82 Å².